The van der Waals surface area contributed by atoms with E-state index < -0.39 is 0 Å². The van der Waals surface area contributed by atoms with Gasteiger partial charge in [-0.05, 0) is 32.2 Å². The topological polar surface area (TPSA) is 49.6 Å². The van der Waals surface area contributed by atoms with Gasteiger partial charge in [0, 0.05) is 26.2 Å². The first kappa shape index (κ1) is 14.5. The van der Waals surface area contributed by atoms with Gasteiger partial charge in [-0.3, -0.25) is 4.79 Å². The molecule has 2 N–H and O–H groups in total. The van der Waals surface area contributed by atoms with Crippen molar-refractivity contribution in [2.45, 2.75) is 51.6 Å². The van der Waals surface area contributed by atoms with Gasteiger partial charge in [0.1, 0.15) is 0 Å². The zero-order chi connectivity index (χ0) is 12.8. The van der Waals surface area contributed by atoms with E-state index in [0.717, 1.165) is 32.4 Å². The van der Waals surface area contributed by atoms with Crippen molar-refractivity contribution in [2.24, 2.45) is 5.73 Å². The van der Waals surface area contributed by atoms with Crippen LogP contribution < -0.4 is 5.73 Å². The quantitative estimate of drug-likeness (QED) is 0.783. The van der Waals surface area contributed by atoms with Gasteiger partial charge in [-0.15, -0.1) is 0 Å². The lowest BCUT2D eigenvalue weighted by Crippen LogP contribution is -2.50. The number of piperidine rings is 1. The van der Waals surface area contributed by atoms with Crippen LogP contribution >= 0.6 is 0 Å². The molecule has 1 rings (SSSR count). The summed E-state index contributed by atoms with van der Waals surface area (Å²) in [5.41, 5.74) is 5.80. The Morgan fingerprint density at radius 3 is 2.47 bits per heavy atom. The average Bonchev–Trinajstić information content (AvgIpc) is 2.37. The third-order valence-electron chi connectivity index (χ3n) is 3.75. The van der Waals surface area contributed by atoms with Crippen LogP contribution in [0.25, 0.3) is 0 Å². The lowest BCUT2D eigenvalue weighted by atomic mass is 10.0. The van der Waals surface area contributed by atoms with Crippen LogP contribution in [0.2, 0.25) is 0 Å². The van der Waals surface area contributed by atoms with Crippen LogP contribution in [0.1, 0.15) is 39.5 Å². The van der Waals surface area contributed by atoms with Gasteiger partial charge in [0.25, 0.3) is 0 Å². The molecule has 0 spiro atoms. The van der Waals surface area contributed by atoms with Crippen LogP contribution in [-0.2, 0) is 4.79 Å². The summed E-state index contributed by atoms with van der Waals surface area (Å²) in [5.74, 6) is 0.0986. The number of likely N-dealkylation sites (N-methyl/N-ethyl adjacent to an activating group) is 1. The SMILES string of the molecule is CCCN1CCC(N(C)C(=O)[C@H](N)CC)CC1. The summed E-state index contributed by atoms with van der Waals surface area (Å²) in [5, 5.41) is 0. The van der Waals surface area contributed by atoms with Gasteiger partial charge in [-0.2, -0.15) is 0 Å². The highest BCUT2D eigenvalue weighted by molar-refractivity contribution is 5.81. The third kappa shape index (κ3) is 3.96. The van der Waals surface area contributed by atoms with Crippen molar-refractivity contribution in [1.29, 1.82) is 0 Å². The smallest absolute Gasteiger partial charge is 0.239 e. The highest BCUT2D eigenvalue weighted by atomic mass is 16.2. The maximum Gasteiger partial charge on any atom is 0.239 e. The van der Waals surface area contributed by atoms with Crippen LogP contribution in [0.3, 0.4) is 0 Å². The van der Waals surface area contributed by atoms with Crippen molar-refractivity contribution in [2.75, 3.05) is 26.7 Å². The number of rotatable bonds is 5. The Kier molecular flexibility index (Phi) is 5.92. The fraction of sp³-hybridized carbons (Fsp3) is 0.923. The van der Waals surface area contributed by atoms with Crippen LogP contribution in [0.4, 0.5) is 0 Å². The fourth-order valence-electron chi connectivity index (χ4n) is 2.46. The molecule has 100 valence electrons. The zero-order valence-electron chi connectivity index (χ0n) is 11.5. The molecule has 4 nitrogen and oxygen atoms in total. The van der Waals surface area contributed by atoms with E-state index in [0.29, 0.717) is 6.04 Å². The first-order valence-electron chi connectivity index (χ1n) is 6.84. The number of hydrogen-bond donors (Lipinski definition) is 1. The summed E-state index contributed by atoms with van der Waals surface area (Å²) in [7, 11) is 1.90. The number of likely N-dealkylation sites (tertiary alicyclic amines) is 1. The van der Waals surface area contributed by atoms with Crippen molar-refractivity contribution in [3.05, 3.63) is 0 Å². The molecule has 1 saturated heterocycles. The number of nitrogens with zero attached hydrogens (tertiary/aromatic N) is 2. The lowest BCUT2D eigenvalue weighted by Gasteiger charge is -2.37. The third-order valence-corrected chi connectivity index (χ3v) is 3.75. The summed E-state index contributed by atoms with van der Waals surface area (Å²) in [4.78, 5) is 16.3. The molecule has 0 aromatic carbocycles. The second-order valence-corrected chi connectivity index (χ2v) is 5.04. The maximum absolute atomic E-state index is 12.0. The van der Waals surface area contributed by atoms with Crippen molar-refractivity contribution < 1.29 is 4.79 Å². The van der Waals surface area contributed by atoms with E-state index in [1.165, 1.54) is 13.0 Å². The molecule has 1 fully saturated rings. The molecule has 17 heavy (non-hydrogen) atoms. The Morgan fingerprint density at radius 1 is 1.41 bits per heavy atom. The van der Waals surface area contributed by atoms with Gasteiger partial charge in [-0.1, -0.05) is 13.8 Å². The van der Waals surface area contributed by atoms with Crippen LogP contribution in [0.5, 0.6) is 0 Å². The van der Waals surface area contributed by atoms with Crippen LogP contribution in [0, 0.1) is 0 Å². The molecule has 0 unspecified atom stereocenters. The largest absolute Gasteiger partial charge is 0.341 e. The Labute approximate surface area is 105 Å². The van der Waals surface area contributed by atoms with E-state index in [1.54, 1.807) is 0 Å². The molecule has 0 bridgehead atoms. The van der Waals surface area contributed by atoms with Gasteiger partial charge in [-0.25, -0.2) is 0 Å². The number of amides is 1. The second-order valence-electron chi connectivity index (χ2n) is 5.04. The molecule has 0 aromatic rings. The predicted octanol–water partition coefficient (Wildman–Crippen LogP) is 1.06. The van der Waals surface area contributed by atoms with Gasteiger partial charge < -0.3 is 15.5 Å². The molecule has 1 amide bonds. The number of carbonyl (C=O) groups excluding carboxylic acids is 1. The summed E-state index contributed by atoms with van der Waals surface area (Å²) in [6, 6.07) is 0.0573. The number of nitrogens with two attached hydrogens (primary N) is 1. The number of hydrogen-bond acceptors (Lipinski definition) is 3. The average molecular weight is 241 g/mol. The first-order chi connectivity index (χ1) is 8.10. The summed E-state index contributed by atoms with van der Waals surface area (Å²) >= 11 is 0. The molecule has 1 atom stereocenters. The van der Waals surface area contributed by atoms with E-state index in [-0.39, 0.29) is 11.9 Å². The maximum atomic E-state index is 12.0. The minimum atomic E-state index is -0.325. The van der Waals surface area contributed by atoms with Crippen molar-refractivity contribution >= 4 is 5.91 Å². The normalized spacial score (nSPS) is 20.2. The van der Waals surface area contributed by atoms with E-state index in [4.69, 9.17) is 5.73 Å². The van der Waals surface area contributed by atoms with Gasteiger partial charge in [0.15, 0.2) is 0 Å². The second kappa shape index (κ2) is 6.97. The summed E-state index contributed by atoms with van der Waals surface area (Å²) in [6.07, 6.45) is 4.09. The Bertz CT molecular complexity index is 237. The van der Waals surface area contributed by atoms with Gasteiger partial charge in [0.2, 0.25) is 5.91 Å². The van der Waals surface area contributed by atoms with Crippen molar-refractivity contribution in [3.63, 3.8) is 0 Å². The predicted molar refractivity (Wildman–Crippen MR) is 70.8 cm³/mol. The molecular weight excluding hydrogens is 214 g/mol. The van der Waals surface area contributed by atoms with Crippen LogP contribution in [-0.4, -0.2) is 54.5 Å². The molecule has 0 radical (unpaired) electrons. The van der Waals surface area contributed by atoms with Gasteiger partial charge >= 0.3 is 0 Å². The Balaban J connectivity index is 2.40. The molecular formula is C13H27N3O. The van der Waals surface area contributed by atoms with E-state index in [9.17, 15) is 4.79 Å². The Hall–Kier alpha value is -0.610. The first-order valence-corrected chi connectivity index (χ1v) is 6.84. The molecule has 1 heterocycles. The molecule has 1 aliphatic rings. The number of carbonyl (C=O) groups is 1. The molecule has 0 saturated carbocycles. The lowest BCUT2D eigenvalue weighted by molar-refractivity contribution is -0.134. The van der Waals surface area contributed by atoms with Gasteiger partial charge in [0.05, 0.1) is 6.04 Å². The van der Waals surface area contributed by atoms with Crippen LogP contribution in [0.15, 0.2) is 0 Å². The molecule has 0 aliphatic carbocycles. The standard InChI is InChI=1S/C13H27N3O/c1-4-8-16-9-6-11(7-10-16)15(3)13(17)12(14)5-2/h11-12H,4-10,14H2,1-3H3/t12-/m1/s1. The zero-order valence-corrected chi connectivity index (χ0v) is 11.5. The van der Waals surface area contributed by atoms with E-state index >= 15 is 0 Å². The van der Waals surface area contributed by atoms with Crippen molar-refractivity contribution in [1.82, 2.24) is 9.80 Å². The van der Waals surface area contributed by atoms with E-state index in [1.807, 2.05) is 18.9 Å². The molecule has 0 aromatic heterocycles. The highest BCUT2D eigenvalue weighted by Gasteiger charge is 2.26. The minimum Gasteiger partial charge on any atom is -0.341 e. The minimum absolute atomic E-state index is 0.0986. The fourth-order valence-corrected chi connectivity index (χ4v) is 2.46. The monoisotopic (exact) mass is 241 g/mol. The molecule has 1 aliphatic heterocycles. The highest BCUT2D eigenvalue weighted by Crippen LogP contribution is 2.16. The van der Waals surface area contributed by atoms with Crippen molar-refractivity contribution in [3.8, 4) is 0 Å². The summed E-state index contributed by atoms with van der Waals surface area (Å²) in [6.45, 7) is 7.57. The summed E-state index contributed by atoms with van der Waals surface area (Å²) < 4.78 is 0. The van der Waals surface area contributed by atoms with E-state index in [2.05, 4.69) is 11.8 Å². The molecule has 4 heteroatoms. The Morgan fingerprint density at radius 2 is 2.00 bits per heavy atom.